The molecule has 1 atom stereocenters. The number of hydrogen-bond acceptors (Lipinski definition) is 6. The summed E-state index contributed by atoms with van der Waals surface area (Å²) < 4.78 is 16.8. The molecule has 1 aliphatic rings. The number of amides is 1. The van der Waals surface area contributed by atoms with E-state index < -0.39 is 0 Å². The lowest BCUT2D eigenvalue weighted by atomic mass is 10.0. The van der Waals surface area contributed by atoms with E-state index >= 15 is 0 Å². The summed E-state index contributed by atoms with van der Waals surface area (Å²) in [6.45, 7) is 0.644. The molecule has 0 spiro atoms. The lowest BCUT2D eigenvalue weighted by Crippen LogP contribution is -2.30. The summed E-state index contributed by atoms with van der Waals surface area (Å²) in [5.74, 6) is 1.64. The van der Waals surface area contributed by atoms with Crippen molar-refractivity contribution in [2.75, 3.05) is 39.8 Å². The Morgan fingerprint density at radius 2 is 1.66 bits per heavy atom. The highest BCUT2D eigenvalue weighted by Crippen LogP contribution is 2.36. The zero-order valence-corrected chi connectivity index (χ0v) is 20.4. The molecule has 0 unspecified atom stereocenters. The van der Waals surface area contributed by atoms with Gasteiger partial charge in [-0.2, -0.15) is 0 Å². The number of anilines is 1. The van der Waals surface area contributed by atoms with Crippen molar-refractivity contribution in [2.45, 2.75) is 18.9 Å². The molecule has 0 bridgehead atoms. The van der Waals surface area contributed by atoms with Crippen LogP contribution in [-0.2, 0) is 0 Å². The van der Waals surface area contributed by atoms with Gasteiger partial charge in [0.05, 0.1) is 14.2 Å². The van der Waals surface area contributed by atoms with E-state index in [1.807, 2.05) is 37.2 Å². The average Bonchev–Trinajstić information content (AvgIpc) is 3.54. The minimum absolute atomic E-state index is 0.0892. The lowest BCUT2D eigenvalue weighted by Gasteiger charge is -2.22. The maximum Gasteiger partial charge on any atom is 0.254 e. The van der Waals surface area contributed by atoms with Crippen LogP contribution in [0.2, 0.25) is 0 Å². The van der Waals surface area contributed by atoms with Crippen molar-refractivity contribution >= 4 is 22.7 Å². The van der Waals surface area contributed by atoms with Crippen LogP contribution in [0, 0.1) is 0 Å². The molecule has 1 aliphatic heterocycles. The van der Waals surface area contributed by atoms with Crippen molar-refractivity contribution in [3.05, 3.63) is 72.1 Å². The van der Waals surface area contributed by atoms with E-state index in [1.54, 1.807) is 32.4 Å². The topological polar surface area (TPSA) is 68.0 Å². The number of fused-ring (bicyclic) bond motifs is 1. The molecule has 1 saturated heterocycles. The van der Waals surface area contributed by atoms with Crippen LogP contribution in [0.4, 0.5) is 5.69 Å². The number of aromatic nitrogens is 1. The molecule has 7 nitrogen and oxygen atoms in total. The van der Waals surface area contributed by atoms with E-state index in [0.717, 1.165) is 40.8 Å². The predicted octanol–water partition coefficient (Wildman–Crippen LogP) is 5.56. The van der Waals surface area contributed by atoms with Gasteiger partial charge in [0, 0.05) is 38.0 Å². The van der Waals surface area contributed by atoms with E-state index in [1.165, 1.54) is 0 Å². The lowest BCUT2D eigenvalue weighted by molar-refractivity contribution is 0.0716. The molecule has 4 aromatic rings. The number of rotatable bonds is 6. The van der Waals surface area contributed by atoms with Crippen LogP contribution in [0.3, 0.4) is 0 Å². The maximum atomic E-state index is 13.4. The van der Waals surface area contributed by atoms with Crippen molar-refractivity contribution in [1.29, 1.82) is 0 Å². The van der Waals surface area contributed by atoms with E-state index in [9.17, 15) is 4.79 Å². The van der Waals surface area contributed by atoms with Gasteiger partial charge in [0.2, 0.25) is 5.89 Å². The first kappa shape index (κ1) is 22.8. The minimum Gasteiger partial charge on any atom is -0.497 e. The maximum absolute atomic E-state index is 13.4. The molecular formula is C28H29N3O4. The molecule has 2 heterocycles. The molecule has 3 aromatic carbocycles. The van der Waals surface area contributed by atoms with Gasteiger partial charge in [-0.1, -0.05) is 18.2 Å². The van der Waals surface area contributed by atoms with Crippen molar-refractivity contribution < 1.29 is 18.7 Å². The molecule has 7 heteroatoms. The molecule has 0 radical (unpaired) electrons. The Bertz CT molecular complexity index is 1340. The largest absolute Gasteiger partial charge is 0.497 e. The number of nitrogens with zero attached hydrogens (tertiary/aromatic N) is 3. The molecule has 1 aromatic heterocycles. The highest BCUT2D eigenvalue weighted by Gasteiger charge is 2.34. The monoisotopic (exact) mass is 471 g/mol. The summed E-state index contributed by atoms with van der Waals surface area (Å²) >= 11 is 0. The van der Waals surface area contributed by atoms with E-state index in [2.05, 4.69) is 29.2 Å². The van der Waals surface area contributed by atoms with Crippen molar-refractivity contribution in [3.63, 3.8) is 0 Å². The first-order chi connectivity index (χ1) is 17.0. The number of methoxy groups -OCH3 is 2. The number of ether oxygens (including phenoxy) is 2. The summed E-state index contributed by atoms with van der Waals surface area (Å²) in [5, 5.41) is 0. The Labute approximate surface area is 204 Å². The number of carbonyl (C=O) groups is 1. The average molecular weight is 472 g/mol. The van der Waals surface area contributed by atoms with Gasteiger partial charge in [0.1, 0.15) is 23.1 Å². The second kappa shape index (κ2) is 9.33. The van der Waals surface area contributed by atoms with Gasteiger partial charge in [-0.15, -0.1) is 0 Å². The first-order valence-corrected chi connectivity index (χ1v) is 11.7. The number of hydrogen-bond donors (Lipinski definition) is 0. The van der Waals surface area contributed by atoms with E-state index in [4.69, 9.17) is 18.9 Å². The normalized spacial score (nSPS) is 15.4. The Kier molecular flexibility index (Phi) is 6.07. The van der Waals surface area contributed by atoms with E-state index in [0.29, 0.717) is 29.5 Å². The van der Waals surface area contributed by atoms with Crippen LogP contribution in [0.25, 0.3) is 22.2 Å². The molecule has 0 saturated carbocycles. The second-order valence-electron chi connectivity index (χ2n) is 8.93. The molecule has 0 aliphatic carbocycles. The zero-order chi connectivity index (χ0) is 24.5. The quantitative estimate of drug-likeness (QED) is 0.367. The van der Waals surface area contributed by atoms with Crippen LogP contribution in [-0.4, -0.2) is 50.7 Å². The van der Waals surface area contributed by atoms with Crippen LogP contribution in [0.15, 0.2) is 65.1 Å². The standard InChI is InChI=1S/C28H29N3O4/c1-30(2)21-10-7-18(8-11-21)19-9-12-26-24(16-19)29-27(35-26)25-6-5-13-31(25)28(32)20-14-22(33-3)17-23(15-20)34-4/h7-12,14-17,25H,5-6,13H2,1-4H3/t25-/m0/s1. The Balaban J connectivity index is 1.43. The van der Waals surface area contributed by atoms with Gasteiger partial charge in [0.25, 0.3) is 5.91 Å². The molecular weight excluding hydrogens is 442 g/mol. The van der Waals surface area contributed by atoms with Crippen LogP contribution < -0.4 is 14.4 Å². The summed E-state index contributed by atoms with van der Waals surface area (Å²) in [6, 6.07) is 19.5. The zero-order valence-electron chi connectivity index (χ0n) is 20.4. The first-order valence-electron chi connectivity index (χ1n) is 11.7. The summed E-state index contributed by atoms with van der Waals surface area (Å²) in [5.41, 5.74) is 5.37. The SMILES string of the molecule is COc1cc(OC)cc(C(=O)N2CCC[C@H]2c2nc3cc(-c4ccc(N(C)C)cc4)ccc3o2)c1. The summed E-state index contributed by atoms with van der Waals surface area (Å²) in [4.78, 5) is 22.2. The smallest absolute Gasteiger partial charge is 0.254 e. The van der Waals surface area contributed by atoms with Crippen LogP contribution >= 0.6 is 0 Å². The minimum atomic E-state index is -0.213. The Morgan fingerprint density at radius 3 is 2.31 bits per heavy atom. The fourth-order valence-electron chi connectivity index (χ4n) is 4.58. The molecule has 1 amide bonds. The third kappa shape index (κ3) is 4.41. The fraction of sp³-hybridized carbons (Fsp3) is 0.286. The number of benzene rings is 3. The van der Waals surface area contributed by atoms with Gasteiger partial charge in [-0.3, -0.25) is 4.79 Å². The molecule has 0 N–H and O–H groups in total. The molecule has 1 fully saturated rings. The van der Waals surface area contributed by atoms with Crippen LogP contribution in [0.5, 0.6) is 11.5 Å². The second-order valence-corrected chi connectivity index (χ2v) is 8.93. The highest BCUT2D eigenvalue weighted by atomic mass is 16.5. The van der Waals surface area contributed by atoms with Gasteiger partial charge in [-0.05, 0) is 60.4 Å². The highest BCUT2D eigenvalue weighted by molar-refractivity contribution is 5.95. The fourth-order valence-corrected chi connectivity index (χ4v) is 4.58. The molecule has 5 rings (SSSR count). The van der Waals surface area contributed by atoms with Crippen molar-refractivity contribution in [1.82, 2.24) is 9.88 Å². The molecule has 35 heavy (non-hydrogen) atoms. The van der Waals surface area contributed by atoms with Gasteiger partial charge < -0.3 is 23.7 Å². The number of carbonyl (C=O) groups excluding carboxylic acids is 1. The van der Waals surface area contributed by atoms with Crippen LogP contribution in [0.1, 0.15) is 35.1 Å². The summed E-state index contributed by atoms with van der Waals surface area (Å²) in [7, 11) is 7.20. The van der Waals surface area contributed by atoms with E-state index in [-0.39, 0.29) is 11.9 Å². The number of likely N-dealkylation sites (tertiary alicyclic amines) is 1. The van der Waals surface area contributed by atoms with Crippen molar-refractivity contribution in [3.8, 4) is 22.6 Å². The summed E-state index contributed by atoms with van der Waals surface area (Å²) in [6.07, 6.45) is 1.69. The Hall–Kier alpha value is -4.00. The van der Waals surface area contributed by atoms with Gasteiger partial charge in [0.15, 0.2) is 5.58 Å². The Morgan fingerprint density at radius 1 is 0.971 bits per heavy atom. The van der Waals surface area contributed by atoms with Gasteiger partial charge >= 0.3 is 0 Å². The van der Waals surface area contributed by atoms with Gasteiger partial charge in [-0.25, -0.2) is 4.98 Å². The third-order valence-corrected chi connectivity index (χ3v) is 6.52. The molecule has 180 valence electrons. The predicted molar refractivity (Wildman–Crippen MR) is 136 cm³/mol. The third-order valence-electron chi connectivity index (χ3n) is 6.52. The van der Waals surface area contributed by atoms with Crippen molar-refractivity contribution in [2.24, 2.45) is 0 Å². The number of oxazole rings is 1.